The second-order valence-corrected chi connectivity index (χ2v) is 2.47. The van der Waals surface area contributed by atoms with Crippen molar-refractivity contribution in [1.29, 1.82) is 0 Å². The van der Waals surface area contributed by atoms with Gasteiger partial charge in [-0.15, -0.1) is 0 Å². The summed E-state index contributed by atoms with van der Waals surface area (Å²) in [4.78, 5) is 0. The molecule has 1 unspecified atom stereocenters. The molecule has 1 rings (SSSR count). The van der Waals surface area contributed by atoms with Gasteiger partial charge >= 0.3 is 0 Å². The van der Waals surface area contributed by atoms with E-state index in [9.17, 15) is 0 Å². The molecule has 2 heteroatoms. The second kappa shape index (κ2) is 1.88. The monoisotopic (exact) mass is 115 g/mol. The van der Waals surface area contributed by atoms with Crippen LogP contribution < -0.4 is 5.32 Å². The van der Waals surface area contributed by atoms with Crippen molar-refractivity contribution in [2.24, 2.45) is 0 Å². The first-order valence-corrected chi connectivity index (χ1v) is 2.89. The Hall–Kier alpha value is 0.0500. The Balaban J connectivity index is 2.40. The van der Waals surface area contributed by atoms with Crippen molar-refractivity contribution in [3.8, 4) is 0 Å². The van der Waals surface area contributed by atoms with Gasteiger partial charge < -0.3 is 5.32 Å². The van der Waals surface area contributed by atoms with Gasteiger partial charge in [-0.05, 0) is 6.42 Å². The molecule has 40 valence electrons. The fraction of sp³-hybridized carbons (Fsp3) is 0.600. The van der Waals surface area contributed by atoms with Crippen LogP contribution in [-0.4, -0.2) is 11.9 Å². The third kappa shape index (κ3) is 1.21. The Morgan fingerprint density at radius 3 is 2.71 bits per heavy atom. The van der Waals surface area contributed by atoms with Crippen molar-refractivity contribution in [1.82, 2.24) is 5.32 Å². The first-order chi connectivity index (χ1) is 3.29. The van der Waals surface area contributed by atoms with Crippen molar-refractivity contribution in [2.75, 3.05) is 6.54 Å². The van der Waals surface area contributed by atoms with Crippen LogP contribution in [0.15, 0.2) is 12.2 Å². The van der Waals surface area contributed by atoms with Crippen LogP contribution in [0.5, 0.6) is 0 Å². The zero-order chi connectivity index (χ0) is 5.28. The summed E-state index contributed by atoms with van der Waals surface area (Å²) in [6.45, 7) is 4.75. The lowest BCUT2D eigenvalue weighted by Crippen LogP contribution is -2.13. The third-order valence-corrected chi connectivity index (χ3v) is 1.43. The van der Waals surface area contributed by atoms with Gasteiger partial charge in [0.05, 0.1) is 5.37 Å². The second-order valence-electron chi connectivity index (χ2n) is 1.85. The summed E-state index contributed by atoms with van der Waals surface area (Å²) >= 11 is 4.18. The molecule has 1 saturated heterocycles. The molecule has 0 aromatic rings. The molecule has 0 aromatic heterocycles. The Morgan fingerprint density at radius 2 is 2.57 bits per heavy atom. The summed E-state index contributed by atoms with van der Waals surface area (Å²) in [5.41, 5.74) is 1.26. The summed E-state index contributed by atoms with van der Waals surface area (Å²) in [6, 6.07) is 0. The first kappa shape index (κ1) is 5.19. The molecule has 0 radical (unpaired) electrons. The van der Waals surface area contributed by atoms with E-state index < -0.39 is 0 Å². The van der Waals surface area contributed by atoms with Gasteiger partial charge in [-0.1, -0.05) is 12.2 Å². The van der Waals surface area contributed by atoms with Gasteiger partial charge in [0.2, 0.25) is 0 Å². The standard InChI is InChI=1S/C5H9NS/c1-4-2-5(7)6-3-4/h5-7H,1-3H2. The first-order valence-electron chi connectivity index (χ1n) is 2.37. The van der Waals surface area contributed by atoms with Crippen molar-refractivity contribution in [3.05, 3.63) is 12.2 Å². The number of nitrogens with one attached hydrogen (secondary N) is 1. The number of rotatable bonds is 0. The van der Waals surface area contributed by atoms with E-state index in [0.717, 1.165) is 13.0 Å². The maximum absolute atomic E-state index is 4.18. The normalized spacial score (nSPS) is 31.6. The van der Waals surface area contributed by atoms with Crippen LogP contribution in [0, 0.1) is 0 Å². The van der Waals surface area contributed by atoms with E-state index in [-0.39, 0.29) is 0 Å². The number of thiol groups is 1. The molecule has 1 aliphatic rings. The molecule has 7 heavy (non-hydrogen) atoms. The van der Waals surface area contributed by atoms with Crippen LogP contribution in [0.3, 0.4) is 0 Å². The highest BCUT2D eigenvalue weighted by molar-refractivity contribution is 7.80. The molecule has 1 nitrogen and oxygen atoms in total. The van der Waals surface area contributed by atoms with Crippen LogP contribution in [0.25, 0.3) is 0 Å². The van der Waals surface area contributed by atoms with E-state index in [2.05, 4.69) is 24.5 Å². The zero-order valence-corrected chi connectivity index (χ0v) is 5.04. The van der Waals surface area contributed by atoms with E-state index in [0.29, 0.717) is 5.37 Å². The molecule has 0 bridgehead atoms. The Morgan fingerprint density at radius 1 is 1.86 bits per heavy atom. The lowest BCUT2D eigenvalue weighted by atomic mass is 10.3. The molecule has 1 heterocycles. The van der Waals surface area contributed by atoms with Crippen LogP contribution in [0.2, 0.25) is 0 Å². The van der Waals surface area contributed by atoms with Crippen LogP contribution in [-0.2, 0) is 0 Å². The lowest BCUT2D eigenvalue weighted by Gasteiger charge is -1.93. The number of hydrogen-bond acceptors (Lipinski definition) is 2. The Bertz CT molecular complexity index is 90.1. The molecule has 0 spiro atoms. The highest BCUT2D eigenvalue weighted by Crippen LogP contribution is 2.11. The lowest BCUT2D eigenvalue weighted by molar-refractivity contribution is 0.812. The molecule has 0 amide bonds. The zero-order valence-electron chi connectivity index (χ0n) is 4.15. The SMILES string of the molecule is C=C1CNC(S)C1. The third-order valence-electron chi connectivity index (χ3n) is 1.07. The van der Waals surface area contributed by atoms with Gasteiger partial charge in [-0.2, -0.15) is 12.6 Å². The molecular formula is C5H9NS. The van der Waals surface area contributed by atoms with E-state index in [1.54, 1.807) is 0 Å². The van der Waals surface area contributed by atoms with Gasteiger partial charge in [0, 0.05) is 6.54 Å². The predicted octanol–water partition coefficient (Wildman–Crippen LogP) is 0.792. The summed E-state index contributed by atoms with van der Waals surface area (Å²) in [6.07, 6.45) is 1.03. The smallest absolute Gasteiger partial charge is 0.0542 e. The highest BCUT2D eigenvalue weighted by atomic mass is 32.1. The quantitative estimate of drug-likeness (QED) is 0.351. The van der Waals surface area contributed by atoms with E-state index in [1.165, 1.54) is 5.57 Å². The van der Waals surface area contributed by atoms with Crippen molar-refractivity contribution in [2.45, 2.75) is 11.8 Å². The summed E-state index contributed by atoms with van der Waals surface area (Å²) < 4.78 is 0. The van der Waals surface area contributed by atoms with Crippen LogP contribution >= 0.6 is 12.6 Å². The Labute approximate surface area is 49.2 Å². The minimum absolute atomic E-state index is 0.368. The van der Waals surface area contributed by atoms with Gasteiger partial charge in [0.15, 0.2) is 0 Å². The minimum Gasteiger partial charge on any atom is -0.302 e. The molecule has 1 N–H and O–H groups in total. The average Bonchev–Trinajstić information content (AvgIpc) is 1.87. The van der Waals surface area contributed by atoms with Crippen LogP contribution in [0.1, 0.15) is 6.42 Å². The largest absolute Gasteiger partial charge is 0.302 e. The van der Waals surface area contributed by atoms with E-state index in [4.69, 9.17) is 0 Å². The van der Waals surface area contributed by atoms with Gasteiger partial charge in [-0.3, -0.25) is 0 Å². The Kier molecular flexibility index (Phi) is 1.40. The molecule has 0 aromatic carbocycles. The van der Waals surface area contributed by atoms with Crippen molar-refractivity contribution >= 4 is 12.6 Å². The predicted molar refractivity (Wildman–Crippen MR) is 34.5 cm³/mol. The molecule has 1 aliphatic heterocycles. The van der Waals surface area contributed by atoms with Gasteiger partial charge in [0.1, 0.15) is 0 Å². The maximum atomic E-state index is 4.18. The highest BCUT2D eigenvalue weighted by Gasteiger charge is 2.10. The van der Waals surface area contributed by atoms with E-state index in [1.807, 2.05) is 0 Å². The average molecular weight is 115 g/mol. The fourth-order valence-corrected chi connectivity index (χ4v) is 1.03. The van der Waals surface area contributed by atoms with Gasteiger partial charge in [-0.25, -0.2) is 0 Å². The van der Waals surface area contributed by atoms with Gasteiger partial charge in [0.25, 0.3) is 0 Å². The summed E-state index contributed by atoms with van der Waals surface area (Å²) in [7, 11) is 0. The molecule has 0 aliphatic carbocycles. The van der Waals surface area contributed by atoms with Crippen LogP contribution in [0.4, 0.5) is 0 Å². The maximum Gasteiger partial charge on any atom is 0.0542 e. The van der Waals surface area contributed by atoms with E-state index >= 15 is 0 Å². The molecule has 0 saturated carbocycles. The minimum atomic E-state index is 0.368. The van der Waals surface area contributed by atoms with Crippen molar-refractivity contribution in [3.63, 3.8) is 0 Å². The fourth-order valence-electron chi connectivity index (χ4n) is 0.680. The molecule has 1 fully saturated rings. The number of hydrogen-bond donors (Lipinski definition) is 2. The van der Waals surface area contributed by atoms with Crippen molar-refractivity contribution < 1.29 is 0 Å². The summed E-state index contributed by atoms with van der Waals surface area (Å²) in [5.74, 6) is 0. The summed E-state index contributed by atoms with van der Waals surface area (Å²) in [5, 5.41) is 3.50. The molecular weight excluding hydrogens is 106 g/mol. The topological polar surface area (TPSA) is 12.0 Å². The molecule has 1 atom stereocenters.